The molecule has 80 heavy (non-hydrogen) atoms. The minimum Gasteiger partial charge on any atom is -0.462 e. The smallest absolute Gasteiger partial charge is 0.306 e. The summed E-state index contributed by atoms with van der Waals surface area (Å²) in [6, 6.07) is 0. The number of unbranched alkanes of at least 4 members (excludes halogenated alkanes) is 44. The van der Waals surface area contributed by atoms with E-state index in [0.717, 1.165) is 77.0 Å². The monoisotopic (exact) mass is 1120 g/mol. The number of carbonyl (C=O) groups excluding carboxylic acids is 3. The molecule has 0 radical (unpaired) electrons. The highest BCUT2D eigenvalue weighted by atomic mass is 16.6. The Hall–Kier alpha value is -2.89. The van der Waals surface area contributed by atoms with E-state index in [-0.39, 0.29) is 31.1 Å². The summed E-state index contributed by atoms with van der Waals surface area (Å²) < 4.78 is 16.9. The molecular formula is C74H134O6. The van der Waals surface area contributed by atoms with Gasteiger partial charge >= 0.3 is 17.9 Å². The Balaban J connectivity index is 4.05. The molecule has 0 fully saturated rings. The van der Waals surface area contributed by atoms with Gasteiger partial charge in [0.1, 0.15) is 13.2 Å². The topological polar surface area (TPSA) is 78.9 Å². The van der Waals surface area contributed by atoms with Crippen molar-refractivity contribution in [3.05, 3.63) is 60.8 Å². The van der Waals surface area contributed by atoms with E-state index in [1.807, 2.05) is 0 Å². The predicted molar refractivity (Wildman–Crippen MR) is 348 cm³/mol. The van der Waals surface area contributed by atoms with Crippen molar-refractivity contribution < 1.29 is 28.6 Å². The van der Waals surface area contributed by atoms with Crippen LogP contribution in [0, 0.1) is 0 Å². The number of allylic oxidation sites excluding steroid dienone is 10. The maximum absolute atomic E-state index is 12.9. The van der Waals surface area contributed by atoms with Gasteiger partial charge in [0.2, 0.25) is 0 Å². The predicted octanol–water partition coefficient (Wildman–Crippen LogP) is 24.3. The second-order valence-electron chi connectivity index (χ2n) is 23.8. The Morgan fingerprint density at radius 2 is 0.450 bits per heavy atom. The zero-order valence-electron chi connectivity index (χ0n) is 53.6. The van der Waals surface area contributed by atoms with Crippen molar-refractivity contribution in [1.29, 1.82) is 0 Å². The number of esters is 3. The van der Waals surface area contributed by atoms with Crippen LogP contribution >= 0.6 is 0 Å². The third kappa shape index (κ3) is 65.9. The molecule has 0 N–H and O–H groups in total. The maximum atomic E-state index is 12.9. The first kappa shape index (κ1) is 77.1. The summed E-state index contributed by atoms with van der Waals surface area (Å²) in [4.78, 5) is 38.2. The molecule has 1 atom stereocenters. The van der Waals surface area contributed by atoms with Gasteiger partial charge in [0.05, 0.1) is 0 Å². The Labute approximate surface area is 498 Å². The van der Waals surface area contributed by atoms with E-state index < -0.39 is 6.10 Å². The molecule has 0 aliphatic rings. The third-order valence-electron chi connectivity index (χ3n) is 15.7. The van der Waals surface area contributed by atoms with Gasteiger partial charge in [-0.25, -0.2) is 0 Å². The second-order valence-corrected chi connectivity index (χ2v) is 23.8. The fourth-order valence-electron chi connectivity index (χ4n) is 10.4. The van der Waals surface area contributed by atoms with Gasteiger partial charge in [-0.15, -0.1) is 0 Å². The van der Waals surface area contributed by atoms with Crippen LogP contribution in [0.1, 0.15) is 374 Å². The van der Waals surface area contributed by atoms with Gasteiger partial charge in [-0.1, -0.05) is 326 Å². The number of rotatable bonds is 65. The average Bonchev–Trinajstić information content (AvgIpc) is 3.46. The van der Waals surface area contributed by atoms with Crippen molar-refractivity contribution in [3.8, 4) is 0 Å². The molecule has 6 heteroatoms. The lowest BCUT2D eigenvalue weighted by molar-refractivity contribution is -0.167. The molecule has 1 unspecified atom stereocenters. The first-order valence-electron chi connectivity index (χ1n) is 35.3. The van der Waals surface area contributed by atoms with E-state index in [1.54, 1.807) is 0 Å². The molecule has 0 aliphatic carbocycles. The molecule has 0 aliphatic heterocycles. The molecular weight excluding hydrogens is 985 g/mol. The summed E-state index contributed by atoms with van der Waals surface area (Å²) in [7, 11) is 0. The highest BCUT2D eigenvalue weighted by molar-refractivity contribution is 5.71. The highest BCUT2D eigenvalue weighted by Crippen LogP contribution is 2.18. The molecule has 6 nitrogen and oxygen atoms in total. The summed E-state index contributed by atoms with van der Waals surface area (Å²) in [5, 5.41) is 0. The van der Waals surface area contributed by atoms with Crippen molar-refractivity contribution in [2.75, 3.05) is 13.2 Å². The van der Waals surface area contributed by atoms with E-state index in [9.17, 15) is 14.4 Å². The summed E-state index contributed by atoms with van der Waals surface area (Å²) >= 11 is 0. The van der Waals surface area contributed by atoms with Crippen LogP contribution in [-0.4, -0.2) is 37.2 Å². The molecule has 0 heterocycles. The van der Waals surface area contributed by atoms with E-state index in [1.165, 1.54) is 257 Å². The fourth-order valence-corrected chi connectivity index (χ4v) is 10.4. The fraction of sp³-hybridized carbons (Fsp3) is 0.824. The minimum absolute atomic E-state index is 0.0713. The molecule has 0 amide bonds. The van der Waals surface area contributed by atoms with E-state index in [4.69, 9.17) is 14.2 Å². The number of ether oxygens (including phenoxy) is 3. The van der Waals surface area contributed by atoms with Gasteiger partial charge in [0, 0.05) is 19.3 Å². The summed E-state index contributed by atoms with van der Waals surface area (Å²) in [6.45, 7) is 6.63. The van der Waals surface area contributed by atoms with Crippen molar-refractivity contribution in [2.24, 2.45) is 0 Å². The zero-order chi connectivity index (χ0) is 57.8. The van der Waals surface area contributed by atoms with Crippen LogP contribution in [-0.2, 0) is 28.6 Å². The standard InChI is InChI=1S/C74H134O6/c1-4-7-10-13-16-19-21-23-25-27-29-31-32-33-34-35-36-37-38-39-40-41-42-44-45-47-49-51-53-55-58-61-64-67-73(76)79-70-71(69-78-72(75)66-63-60-57-18-15-12-9-6-3)80-74(77)68-65-62-59-56-54-52-50-48-46-43-30-28-26-24-22-20-17-14-11-8-5-2/h21-24,27-30,32-33,71H,4-20,25-26,31,34-70H2,1-3H3/b23-21-,24-22-,29-27-,30-28-,33-32-. The molecule has 0 aromatic carbocycles. The molecule has 0 saturated heterocycles. The van der Waals surface area contributed by atoms with Crippen LogP contribution in [0.2, 0.25) is 0 Å². The van der Waals surface area contributed by atoms with Crippen molar-refractivity contribution >= 4 is 17.9 Å². The lowest BCUT2D eigenvalue weighted by Crippen LogP contribution is -2.30. The number of hydrogen-bond acceptors (Lipinski definition) is 6. The van der Waals surface area contributed by atoms with Gasteiger partial charge in [-0.2, -0.15) is 0 Å². The summed E-state index contributed by atoms with van der Waals surface area (Å²) in [5.41, 5.74) is 0. The normalized spacial score (nSPS) is 12.4. The second kappa shape index (κ2) is 68.6. The zero-order valence-corrected chi connectivity index (χ0v) is 53.6. The average molecular weight is 1120 g/mol. The van der Waals surface area contributed by atoms with E-state index >= 15 is 0 Å². The van der Waals surface area contributed by atoms with Crippen LogP contribution < -0.4 is 0 Å². The molecule has 0 aromatic rings. The molecule has 466 valence electrons. The lowest BCUT2D eigenvalue weighted by atomic mass is 10.0. The third-order valence-corrected chi connectivity index (χ3v) is 15.7. The minimum atomic E-state index is -0.773. The van der Waals surface area contributed by atoms with Gasteiger partial charge in [0.15, 0.2) is 6.10 Å². The van der Waals surface area contributed by atoms with Crippen LogP contribution in [0.4, 0.5) is 0 Å². The van der Waals surface area contributed by atoms with Gasteiger partial charge in [-0.05, 0) is 89.9 Å². The molecule has 0 aromatic heterocycles. The molecule has 0 saturated carbocycles. The molecule has 0 rings (SSSR count). The lowest BCUT2D eigenvalue weighted by Gasteiger charge is -2.18. The number of hydrogen-bond donors (Lipinski definition) is 0. The molecule has 0 bridgehead atoms. The quantitative estimate of drug-likeness (QED) is 0.0261. The van der Waals surface area contributed by atoms with Gasteiger partial charge in [0.25, 0.3) is 0 Å². The van der Waals surface area contributed by atoms with Gasteiger partial charge < -0.3 is 14.2 Å². The van der Waals surface area contributed by atoms with Crippen LogP contribution in [0.25, 0.3) is 0 Å². The Kier molecular flexibility index (Phi) is 66.1. The Bertz CT molecular complexity index is 1430. The van der Waals surface area contributed by atoms with E-state index in [2.05, 4.69) is 81.5 Å². The van der Waals surface area contributed by atoms with Crippen molar-refractivity contribution in [2.45, 2.75) is 380 Å². The van der Waals surface area contributed by atoms with E-state index in [0.29, 0.717) is 19.3 Å². The summed E-state index contributed by atoms with van der Waals surface area (Å²) in [5.74, 6) is -0.859. The van der Waals surface area contributed by atoms with Crippen LogP contribution in [0.3, 0.4) is 0 Å². The maximum Gasteiger partial charge on any atom is 0.306 e. The van der Waals surface area contributed by atoms with Crippen molar-refractivity contribution in [1.82, 2.24) is 0 Å². The Morgan fingerprint density at radius 3 is 0.700 bits per heavy atom. The highest BCUT2D eigenvalue weighted by Gasteiger charge is 2.19. The van der Waals surface area contributed by atoms with Gasteiger partial charge in [-0.3, -0.25) is 14.4 Å². The first-order chi connectivity index (χ1) is 39.5. The largest absolute Gasteiger partial charge is 0.462 e. The van der Waals surface area contributed by atoms with Crippen LogP contribution in [0.5, 0.6) is 0 Å². The number of carbonyl (C=O) groups is 3. The SMILES string of the molecule is CCCCCCC/C=C\C/C=C\C/C=C\CCCCCCCCCCCCCCCCCCCCC(=O)OCC(COC(=O)CCCCCCCCCC)OC(=O)CCCCCCCCCCC/C=C\C/C=C\CCCCCCC. The van der Waals surface area contributed by atoms with Crippen molar-refractivity contribution in [3.63, 3.8) is 0 Å². The molecule has 0 spiro atoms. The summed E-state index contributed by atoms with van der Waals surface area (Å²) in [6.07, 6.45) is 88.4. The van der Waals surface area contributed by atoms with Crippen LogP contribution in [0.15, 0.2) is 60.8 Å². The first-order valence-corrected chi connectivity index (χ1v) is 35.3. The Morgan fingerprint density at radius 1 is 0.250 bits per heavy atom.